The molecule has 1 atom stereocenters. The summed E-state index contributed by atoms with van der Waals surface area (Å²) in [4.78, 5) is 2.45. The van der Waals surface area contributed by atoms with E-state index >= 15 is 0 Å². The maximum atomic E-state index is 5.34. The second-order valence-electron chi connectivity index (χ2n) is 5.47. The molecule has 0 aromatic heterocycles. The molecule has 0 radical (unpaired) electrons. The van der Waals surface area contributed by atoms with Gasteiger partial charge in [-0.15, -0.1) is 12.4 Å². The number of benzene rings is 1. The van der Waals surface area contributed by atoms with Crippen LogP contribution in [0.2, 0.25) is 0 Å². The minimum atomic E-state index is 0. The molecule has 1 saturated heterocycles. The molecule has 0 spiro atoms. The number of hydrogen-bond acceptors (Lipinski definition) is 4. The Kier molecular flexibility index (Phi) is 7.86. The van der Waals surface area contributed by atoms with E-state index in [9.17, 15) is 0 Å². The van der Waals surface area contributed by atoms with E-state index in [4.69, 9.17) is 9.47 Å². The Morgan fingerprint density at radius 3 is 2.38 bits per heavy atom. The lowest BCUT2D eigenvalue weighted by Crippen LogP contribution is -2.32. The highest BCUT2D eigenvalue weighted by atomic mass is 35.5. The maximum Gasteiger partial charge on any atom is 0.122 e. The summed E-state index contributed by atoms with van der Waals surface area (Å²) in [6.45, 7) is 3.20. The molecular formula is C16H27ClN2O2. The number of ether oxygens (including phenoxy) is 2. The zero-order valence-corrected chi connectivity index (χ0v) is 14.0. The number of halogens is 1. The first-order valence-corrected chi connectivity index (χ1v) is 7.36. The van der Waals surface area contributed by atoms with E-state index in [1.165, 1.54) is 24.8 Å². The van der Waals surface area contributed by atoms with Gasteiger partial charge in [-0.1, -0.05) is 0 Å². The SMILES string of the molecule is COc1cc(CN(C)C2CCCNCC2)cc(OC)c1.Cl. The molecule has 1 heterocycles. The van der Waals surface area contributed by atoms with Crippen LogP contribution in [0.15, 0.2) is 18.2 Å². The van der Waals surface area contributed by atoms with E-state index < -0.39 is 0 Å². The van der Waals surface area contributed by atoms with E-state index in [-0.39, 0.29) is 12.4 Å². The van der Waals surface area contributed by atoms with Gasteiger partial charge in [0.25, 0.3) is 0 Å². The summed E-state index contributed by atoms with van der Waals surface area (Å²) in [5.41, 5.74) is 1.24. The number of methoxy groups -OCH3 is 2. The van der Waals surface area contributed by atoms with Crippen molar-refractivity contribution in [3.63, 3.8) is 0 Å². The number of rotatable bonds is 5. The topological polar surface area (TPSA) is 33.7 Å². The Morgan fingerprint density at radius 1 is 1.10 bits per heavy atom. The molecule has 0 amide bonds. The van der Waals surface area contributed by atoms with Crippen LogP contribution in [0, 0.1) is 0 Å². The third-order valence-electron chi connectivity index (χ3n) is 4.01. The van der Waals surface area contributed by atoms with E-state index in [2.05, 4.69) is 29.4 Å². The van der Waals surface area contributed by atoms with Crippen LogP contribution in [-0.2, 0) is 6.54 Å². The zero-order chi connectivity index (χ0) is 14.4. The summed E-state index contributed by atoms with van der Waals surface area (Å²) < 4.78 is 10.7. The summed E-state index contributed by atoms with van der Waals surface area (Å²) in [6, 6.07) is 6.75. The molecule has 120 valence electrons. The summed E-state index contributed by atoms with van der Waals surface area (Å²) >= 11 is 0. The number of hydrogen-bond donors (Lipinski definition) is 1. The minimum Gasteiger partial charge on any atom is -0.497 e. The predicted molar refractivity (Wildman–Crippen MR) is 88.8 cm³/mol. The van der Waals surface area contributed by atoms with Gasteiger partial charge in [-0.05, 0) is 57.1 Å². The molecule has 0 aliphatic carbocycles. The van der Waals surface area contributed by atoms with E-state index in [1.807, 2.05) is 6.07 Å². The molecule has 1 aliphatic rings. The van der Waals surface area contributed by atoms with Gasteiger partial charge in [0.05, 0.1) is 14.2 Å². The molecule has 1 unspecified atom stereocenters. The average Bonchev–Trinajstić information content (AvgIpc) is 2.75. The van der Waals surface area contributed by atoms with Crippen LogP contribution in [0.25, 0.3) is 0 Å². The van der Waals surface area contributed by atoms with Crippen molar-refractivity contribution in [3.05, 3.63) is 23.8 Å². The standard InChI is InChI=1S/C16H26N2O2.ClH/c1-18(14-5-4-7-17-8-6-14)12-13-9-15(19-2)11-16(10-13)20-3;/h9-11,14,17H,4-8,12H2,1-3H3;1H. The van der Waals surface area contributed by atoms with Crippen molar-refractivity contribution in [3.8, 4) is 11.5 Å². The number of nitrogens with zero attached hydrogens (tertiary/aromatic N) is 1. The van der Waals surface area contributed by atoms with Crippen LogP contribution < -0.4 is 14.8 Å². The molecule has 5 heteroatoms. The normalized spacial score (nSPS) is 18.8. The van der Waals surface area contributed by atoms with Gasteiger partial charge in [0.2, 0.25) is 0 Å². The molecule has 21 heavy (non-hydrogen) atoms. The predicted octanol–water partition coefficient (Wildman–Crippen LogP) is 2.70. The summed E-state index contributed by atoms with van der Waals surface area (Å²) in [7, 11) is 5.60. The summed E-state index contributed by atoms with van der Waals surface area (Å²) in [5.74, 6) is 1.71. The first-order chi connectivity index (χ1) is 9.72. The van der Waals surface area contributed by atoms with Gasteiger partial charge in [-0.3, -0.25) is 4.90 Å². The molecule has 0 bridgehead atoms. The van der Waals surface area contributed by atoms with Crippen molar-refractivity contribution in [1.82, 2.24) is 10.2 Å². The summed E-state index contributed by atoms with van der Waals surface area (Å²) in [5, 5.41) is 3.47. The van der Waals surface area contributed by atoms with Gasteiger partial charge in [0.1, 0.15) is 11.5 Å². The quantitative estimate of drug-likeness (QED) is 0.906. The Balaban J connectivity index is 0.00000220. The van der Waals surface area contributed by atoms with Gasteiger partial charge >= 0.3 is 0 Å². The van der Waals surface area contributed by atoms with Crippen LogP contribution >= 0.6 is 12.4 Å². The lowest BCUT2D eigenvalue weighted by molar-refractivity contribution is 0.216. The van der Waals surface area contributed by atoms with Crippen LogP contribution in [0.4, 0.5) is 0 Å². The van der Waals surface area contributed by atoms with Gasteiger partial charge < -0.3 is 14.8 Å². The molecule has 1 aromatic carbocycles. The van der Waals surface area contributed by atoms with Crippen LogP contribution in [0.3, 0.4) is 0 Å². The third-order valence-corrected chi connectivity index (χ3v) is 4.01. The minimum absolute atomic E-state index is 0. The van der Waals surface area contributed by atoms with E-state index in [1.54, 1.807) is 14.2 Å². The van der Waals surface area contributed by atoms with Crippen molar-refractivity contribution in [2.45, 2.75) is 31.8 Å². The van der Waals surface area contributed by atoms with Crippen LogP contribution in [0.5, 0.6) is 11.5 Å². The molecule has 1 fully saturated rings. The molecule has 1 aliphatic heterocycles. The van der Waals surface area contributed by atoms with Crippen molar-refractivity contribution in [1.29, 1.82) is 0 Å². The van der Waals surface area contributed by atoms with Crippen molar-refractivity contribution in [2.24, 2.45) is 0 Å². The van der Waals surface area contributed by atoms with Gasteiger partial charge in [-0.25, -0.2) is 0 Å². The van der Waals surface area contributed by atoms with Crippen molar-refractivity contribution < 1.29 is 9.47 Å². The number of nitrogens with one attached hydrogen (secondary N) is 1. The lowest BCUT2D eigenvalue weighted by atomic mass is 10.1. The largest absolute Gasteiger partial charge is 0.497 e. The fraction of sp³-hybridized carbons (Fsp3) is 0.625. The fourth-order valence-electron chi connectivity index (χ4n) is 2.82. The van der Waals surface area contributed by atoms with E-state index in [0.717, 1.165) is 31.1 Å². The molecule has 2 rings (SSSR count). The van der Waals surface area contributed by atoms with E-state index in [0.29, 0.717) is 6.04 Å². The highest BCUT2D eigenvalue weighted by Crippen LogP contribution is 2.24. The fourth-order valence-corrected chi connectivity index (χ4v) is 2.82. The second-order valence-corrected chi connectivity index (χ2v) is 5.47. The highest BCUT2D eigenvalue weighted by Gasteiger charge is 2.17. The molecule has 4 nitrogen and oxygen atoms in total. The lowest BCUT2D eigenvalue weighted by Gasteiger charge is -2.27. The first-order valence-electron chi connectivity index (χ1n) is 7.36. The van der Waals surface area contributed by atoms with Crippen LogP contribution in [0.1, 0.15) is 24.8 Å². The van der Waals surface area contributed by atoms with Gasteiger partial charge in [0, 0.05) is 18.7 Å². The molecule has 0 saturated carbocycles. The molecule has 1 N–H and O–H groups in total. The Bertz CT molecular complexity index is 398. The Hall–Kier alpha value is -0.970. The third kappa shape index (κ3) is 5.38. The Labute approximate surface area is 134 Å². The van der Waals surface area contributed by atoms with Crippen molar-refractivity contribution in [2.75, 3.05) is 34.4 Å². The van der Waals surface area contributed by atoms with Crippen molar-refractivity contribution >= 4 is 12.4 Å². The average molecular weight is 315 g/mol. The summed E-state index contributed by atoms with van der Waals surface area (Å²) in [6.07, 6.45) is 3.75. The molecular weight excluding hydrogens is 288 g/mol. The molecule has 1 aromatic rings. The highest BCUT2D eigenvalue weighted by molar-refractivity contribution is 5.85. The first kappa shape index (κ1) is 18.1. The smallest absolute Gasteiger partial charge is 0.122 e. The van der Waals surface area contributed by atoms with Gasteiger partial charge in [0.15, 0.2) is 0 Å². The van der Waals surface area contributed by atoms with Gasteiger partial charge in [-0.2, -0.15) is 0 Å². The second kappa shape index (κ2) is 9.13. The maximum absolute atomic E-state index is 5.34. The van der Waals surface area contributed by atoms with Crippen LogP contribution in [-0.4, -0.2) is 45.3 Å². The monoisotopic (exact) mass is 314 g/mol. The Morgan fingerprint density at radius 2 is 1.76 bits per heavy atom. The zero-order valence-electron chi connectivity index (χ0n) is 13.2.